The van der Waals surface area contributed by atoms with Crippen molar-refractivity contribution < 1.29 is 23.9 Å². The van der Waals surface area contributed by atoms with Gasteiger partial charge in [-0.25, -0.2) is 0 Å². The Labute approximate surface area is 176 Å². The Morgan fingerprint density at radius 1 is 1.07 bits per heavy atom. The van der Waals surface area contributed by atoms with Crippen molar-refractivity contribution in [2.45, 2.75) is 25.3 Å². The number of morpholine rings is 1. The molecule has 0 saturated carbocycles. The quantitative estimate of drug-likeness (QED) is 0.678. The number of carbonyl (C=O) groups is 3. The third kappa shape index (κ3) is 4.43. The van der Waals surface area contributed by atoms with Gasteiger partial charge in [0.25, 0.3) is 0 Å². The van der Waals surface area contributed by atoms with Gasteiger partial charge in [0, 0.05) is 45.6 Å². The molecule has 3 aliphatic rings. The number of nitrogens with zero attached hydrogens (tertiary/aromatic N) is 3. The van der Waals surface area contributed by atoms with Gasteiger partial charge in [-0.1, -0.05) is 12.1 Å². The van der Waals surface area contributed by atoms with Crippen molar-refractivity contribution in [3.8, 4) is 5.75 Å². The Bertz CT molecular complexity index is 784. The maximum atomic E-state index is 12.7. The molecule has 0 aliphatic carbocycles. The first-order valence-corrected chi connectivity index (χ1v) is 10.6. The summed E-state index contributed by atoms with van der Waals surface area (Å²) < 4.78 is 10.4. The minimum atomic E-state index is -0.268. The summed E-state index contributed by atoms with van der Waals surface area (Å²) in [5.74, 6) is 0.722. The molecule has 4 rings (SSSR count). The molecule has 3 amide bonds. The summed E-state index contributed by atoms with van der Waals surface area (Å²) in [7, 11) is 1.63. The van der Waals surface area contributed by atoms with Gasteiger partial charge in [-0.05, 0) is 24.1 Å². The van der Waals surface area contributed by atoms with Crippen LogP contribution in [0, 0.1) is 5.92 Å². The van der Waals surface area contributed by atoms with Gasteiger partial charge in [0.15, 0.2) is 0 Å². The lowest BCUT2D eigenvalue weighted by Gasteiger charge is -2.44. The van der Waals surface area contributed by atoms with Crippen LogP contribution >= 0.6 is 0 Å². The van der Waals surface area contributed by atoms with Gasteiger partial charge in [-0.2, -0.15) is 0 Å². The van der Waals surface area contributed by atoms with E-state index in [1.54, 1.807) is 21.8 Å². The highest BCUT2D eigenvalue weighted by molar-refractivity contribution is 5.89. The van der Waals surface area contributed by atoms with Crippen molar-refractivity contribution in [2.24, 2.45) is 5.92 Å². The van der Waals surface area contributed by atoms with E-state index in [0.29, 0.717) is 58.8 Å². The fourth-order valence-corrected chi connectivity index (χ4v) is 4.35. The molecule has 0 radical (unpaired) electrons. The molecule has 0 aromatic heterocycles. The summed E-state index contributed by atoms with van der Waals surface area (Å²) in [6, 6.07) is 7.77. The number of likely N-dealkylation sites (tertiary alicyclic amines) is 2. The van der Waals surface area contributed by atoms with Crippen LogP contribution < -0.4 is 4.74 Å². The summed E-state index contributed by atoms with van der Waals surface area (Å²) >= 11 is 0. The number of methoxy groups -OCH3 is 1. The van der Waals surface area contributed by atoms with E-state index in [4.69, 9.17) is 9.47 Å². The van der Waals surface area contributed by atoms with E-state index in [1.807, 2.05) is 24.3 Å². The minimum absolute atomic E-state index is 0.0249. The number of carbonyl (C=O) groups excluding carboxylic acids is 3. The average molecular weight is 415 g/mol. The van der Waals surface area contributed by atoms with Crippen LogP contribution in [0.15, 0.2) is 24.3 Å². The van der Waals surface area contributed by atoms with E-state index >= 15 is 0 Å². The maximum absolute atomic E-state index is 12.7. The topological polar surface area (TPSA) is 79.4 Å². The molecule has 1 aromatic rings. The molecule has 3 saturated heterocycles. The molecule has 1 atom stereocenters. The first kappa shape index (κ1) is 20.7. The Hall–Kier alpha value is -2.61. The predicted molar refractivity (Wildman–Crippen MR) is 109 cm³/mol. The van der Waals surface area contributed by atoms with Gasteiger partial charge < -0.3 is 24.2 Å². The summed E-state index contributed by atoms with van der Waals surface area (Å²) in [6.07, 6.45) is 1.41. The molecular formula is C22H29N3O5. The highest BCUT2D eigenvalue weighted by atomic mass is 16.5. The lowest BCUT2D eigenvalue weighted by Crippen LogP contribution is -2.61. The van der Waals surface area contributed by atoms with E-state index in [0.717, 1.165) is 11.3 Å². The first-order chi connectivity index (χ1) is 14.5. The molecule has 0 spiro atoms. The van der Waals surface area contributed by atoms with Crippen molar-refractivity contribution in [1.29, 1.82) is 0 Å². The van der Waals surface area contributed by atoms with E-state index in [9.17, 15) is 14.4 Å². The Morgan fingerprint density at radius 3 is 2.43 bits per heavy atom. The van der Waals surface area contributed by atoms with Gasteiger partial charge in [0.1, 0.15) is 5.75 Å². The van der Waals surface area contributed by atoms with Crippen molar-refractivity contribution in [3.63, 3.8) is 0 Å². The molecule has 30 heavy (non-hydrogen) atoms. The molecule has 3 fully saturated rings. The SMILES string of the molecule is COc1ccc(CCC(=O)N2CC(N3CC(C(=O)N4CCOCC4)CC3=O)C2)cc1. The van der Waals surface area contributed by atoms with E-state index in [-0.39, 0.29) is 36.1 Å². The molecule has 162 valence electrons. The van der Waals surface area contributed by atoms with Crippen LogP contribution in [0.3, 0.4) is 0 Å². The Kier molecular flexibility index (Phi) is 6.22. The fraction of sp³-hybridized carbons (Fsp3) is 0.591. The van der Waals surface area contributed by atoms with Crippen molar-refractivity contribution in [1.82, 2.24) is 14.7 Å². The van der Waals surface area contributed by atoms with E-state index in [1.165, 1.54) is 0 Å². The monoisotopic (exact) mass is 415 g/mol. The van der Waals surface area contributed by atoms with Gasteiger partial charge in [-0.3, -0.25) is 14.4 Å². The second-order valence-electron chi connectivity index (χ2n) is 8.19. The number of benzene rings is 1. The number of rotatable bonds is 6. The van der Waals surface area contributed by atoms with Crippen LogP contribution in [0.5, 0.6) is 5.75 Å². The summed E-state index contributed by atoms with van der Waals surface area (Å²) in [5.41, 5.74) is 1.10. The fourth-order valence-electron chi connectivity index (χ4n) is 4.35. The zero-order valence-corrected chi connectivity index (χ0v) is 17.4. The standard InChI is InChI=1S/C22H29N3O5/c1-29-19-5-2-16(3-6-19)4-7-20(26)24-14-18(15-24)25-13-17(12-21(25)27)22(28)23-8-10-30-11-9-23/h2-3,5-6,17-18H,4,7-15H2,1H3. The van der Waals surface area contributed by atoms with E-state index < -0.39 is 0 Å². The van der Waals surface area contributed by atoms with Gasteiger partial charge in [-0.15, -0.1) is 0 Å². The smallest absolute Gasteiger partial charge is 0.228 e. The number of aryl methyl sites for hydroxylation is 1. The molecule has 8 nitrogen and oxygen atoms in total. The number of hydrogen-bond donors (Lipinski definition) is 0. The first-order valence-electron chi connectivity index (χ1n) is 10.6. The minimum Gasteiger partial charge on any atom is -0.497 e. The average Bonchev–Trinajstić information content (AvgIpc) is 3.13. The predicted octanol–water partition coefficient (Wildman–Crippen LogP) is 0.546. The largest absolute Gasteiger partial charge is 0.497 e. The van der Waals surface area contributed by atoms with Crippen LogP contribution in [0.1, 0.15) is 18.4 Å². The third-order valence-electron chi connectivity index (χ3n) is 6.27. The van der Waals surface area contributed by atoms with Gasteiger partial charge >= 0.3 is 0 Å². The lowest BCUT2D eigenvalue weighted by atomic mass is 10.0. The molecule has 1 unspecified atom stereocenters. The highest BCUT2D eigenvalue weighted by Crippen LogP contribution is 2.27. The van der Waals surface area contributed by atoms with Crippen LogP contribution in [-0.2, 0) is 25.5 Å². The second-order valence-corrected chi connectivity index (χ2v) is 8.19. The van der Waals surface area contributed by atoms with Gasteiger partial charge in [0.2, 0.25) is 17.7 Å². The lowest BCUT2D eigenvalue weighted by molar-refractivity contribution is -0.144. The number of hydrogen-bond acceptors (Lipinski definition) is 5. The maximum Gasteiger partial charge on any atom is 0.228 e. The van der Waals surface area contributed by atoms with Crippen molar-refractivity contribution >= 4 is 17.7 Å². The van der Waals surface area contributed by atoms with Crippen LogP contribution in [0.25, 0.3) is 0 Å². The molecular weight excluding hydrogens is 386 g/mol. The van der Waals surface area contributed by atoms with Gasteiger partial charge in [0.05, 0.1) is 32.3 Å². The molecule has 3 aliphatic heterocycles. The zero-order chi connectivity index (χ0) is 21.1. The van der Waals surface area contributed by atoms with E-state index in [2.05, 4.69) is 0 Å². The van der Waals surface area contributed by atoms with Crippen LogP contribution in [0.2, 0.25) is 0 Å². The molecule has 8 heteroatoms. The highest BCUT2D eigenvalue weighted by Gasteiger charge is 2.44. The summed E-state index contributed by atoms with van der Waals surface area (Å²) in [4.78, 5) is 43.0. The van der Waals surface area contributed by atoms with Crippen LogP contribution in [-0.4, -0.2) is 91.5 Å². The summed E-state index contributed by atoms with van der Waals surface area (Å²) in [6.45, 7) is 3.91. The Balaban J connectivity index is 1.22. The van der Waals surface area contributed by atoms with Crippen molar-refractivity contribution in [3.05, 3.63) is 29.8 Å². The molecule has 3 heterocycles. The van der Waals surface area contributed by atoms with Crippen LogP contribution in [0.4, 0.5) is 0 Å². The molecule has 0 bridgehead atoms. The zero-order valence-electron chi connectivity index (χ0n) is 17.4. The normalized spacial score (nSPS) is 22.2. The number of amides is 3. The Morgan fingerprint density at radius 2 is 1.77 bits per heavy atom. The molecule has 1 aromatic carbocycles. The summed E-state index contributed by atoms with van der Waals surface area (Å²) in [5, 5.41) is 0. The third-order valence-corrected chi connectivity index (χ3v) is 6.27. The number of ether oxygens (including phenoxy) is 2. The van der Waals surface area contributed by atoms with Crippen molar-refractivity contribution in [2.75, 3.05) is 53.0 Å². The second kappa shape index (κ2) is 9.04. The molecule has 0 N–H and O–H groups in total.